The highest BCUT2D eigenvalue weighted by Gasteiger charge is 2.20. The molecule has 1 unspecified atom stereocenters. The summed E-state index contributed by atoms with van der Waals surface area (Å²) in [6, 6.07) is 2.46. The Morgan fingerprint density at radius 2 is 2.21 bits per heavy atom. The van der Waals surface area contributed by atoms with Crippen LogP contribution in [0.3, 0.4) is 0 Å². The van der Waals surface area contributed by atoms with Gasteiger partial charge in [-0.1, -0.05) is 24.9 Å². The molecule has 0 heterocycles. The molecule has 0 saturated carbocycles. The summed E-state index contributed by atoms with van der Waals surface area (Å²) in [5.41, 5.74) is 5.13. The summed E-state index contributed by atoms with van der Waals surface area (Å²) in [5.74, 6) is -0.397. The van der Waals surface area contributed by atoms with Gasteiger partial charge in [-0.3, -0.25) is 14.9 Å². The van der Waals surface area contributed by atoms with E-state index in [0.29, 0.717) is 0 Å². The van der Waals surface area contributed by atoms with E-state index in [2.05, 4.69) is 5.32 Å². The maximum absolute atomic E-state index is 11.9. The number of hydrogen-bond donors (Lipinski definition) is 2. The molecule has 1 aromatic rings. The van der Waals surface area contributed by atoms with Gasteiger partial charge >= 0.3 is 0 Å². The molecular formula is C12H16ClN3O3. The van der Waals surface area contributed by atoms with E-state index >= 15 is 0 Å². The van der Waals surface area contributed by atoms with Crippen molar-refractivity contribution in [3.05, 3.63) is 32.8 Å². The van der Waals surface area contributed by atoms with Crippen LogP contribution in [0.2, 0.25) is 5.02 Å². The molecule has 1 amide bonds. The second-order valence-corrected chi connectivity index (χ2v) is 4.72. The number of nitrogens with one attached hydrogen (secondary N) is 1. The number of amides is 1. The minimum Gasteiger partial charge on any atom is -0.392 e. The third kappa shape index (κ3) is 3.82. The molecule has 19 heavy (non-hydrogen) atoms. The molecule has 6 nitrogen and oxygen atoms in total. The van der Waals surface area contributed by atoms with Gasteiger partial charge in [-0.2, -0.15) is 0 Å². The van der Waals surface area contributed by atoms with Crippen molar-refractivity contribution in [3.8, 4) is 0 Å². The van der Waals surface area contributed by atoms with Gasteiger partial charge in [0.25, 0.3) is 11.6 Å². The third-order valence-corrected chi connectivity index (χ3v) is 2.98. The van der Waals surface area contributed by atoms with Crippen molar-refractivity contribution in [2.24, 2.45) is 0 Å². The van der Waals surface area contributed by atoms with Crippen molar-refractivity contribution in [1.29, 1.82) is 0 Å². The maximum atomic E-state index is 11.9. The molecule has 104 valence electrons. The average molecular weight is 286 g/mol. The van der Waals surface area contributed by atoms with Crippen molar-refractivity contribution >= 4 is 28.9 Å². The molecule has 0 aliphatic rings. The quantitative estimate of drug-likeness (QED) is 0.494. The predicted octanol–water partition coefficient (Wildman–Crippen LogP) is 2.75. The lowest BCUT2D eigenvalue weighted by Crippen LogP contribution is -2.32. The van der Waals surface area contributed by atoms with Crippen molar-refractivity contribution in [2.45, 2.75) is 32.7 Å². The number of nitrogens with zero attached hydrogens (tertiary/aromatic N) is 1. The Kier molecular flexibility index (Phi) is 5.11. The molecule has 0 spiro atoms. The lowest BCUT2D eigenvalue weighted by atomic mass is 10.1. The van der Waals surface area contributed by atoms with Gasteiger partial charge in [0.1, 0.15) is 5.69 Å². The number of benzene rings is 1. The Morgan fingerprint density at radius 3 is 2.74 bits per heavy atom. The summed E-state index contributed by atoms with van der Waals surface area (Å²) in [4.78, 5) is 22.1. The van der Waals surface area contributed by atoms with Gasteiger partial charge in [0, 0.05) is 17.7 Å². The summed E-state index contributed by atoms with van der Waals surface area (Å²) in [5, 5.41) is 13.6. The number of anilines is 1. The number of hydrogen-bond acceptors (Lipinski definition) is 4. The fraction of sp³-hybridized carbons (Fsp3) is 0.417. The number of carbonyl (C=O) groups excluding carboxylic acids is 1. The minimum atomic E-state index is -0.659. The molecule has 0 bridgehead atoms. The lowest BCUT2D eigenvalue weighted by Gasteiger charge is -2.13. The number of halogens is 1. The zero-order valence-corrected chi connectivity index (χ0v) is 11.5. The molecule has 0 fully saturated rings. The van der Waals surface area contributed by atoms with Crippen LogP contribution in [0, 0.1) is 10.1 Å². The Labute approximate surface area is 116 Å². The molecule has 0 aliphatic heterocycles. The lowest BCUT2D eigenvalue weighted by molar-refractivity contribution is -0.383. The smallest absolute Gasteiger partial charge is 0.294 e. The summed E-state index contributed by atoms with van der Waals surface area (Å²) in [7, 11) is 0. The SMILES string of the molecule is CCCC(C)NC(=O)c1cc(Cl)c(N)c([N+](=O)[O-])c1. The first-order valence-electron chi connectivity index (χ1n) is 5.91. The molecular weight excluding hydrogens is 270 g/mol. The monoisotopic (exact) mass is 285 g/mol. The Hall–Kier alpha value is -1.82. The highest BCUT2D eigenvalue weighted by atomic mass is 35.5. The normalized spacial score (nSPS) is 11.9. The fourth-order valence-corrected chi connectivity index (χ4v) is 1.91. The number of nitro groups is 1. The van der Waals surface area contributed by atoms with Crippen LogP contribution in [-0.2, 0) is 0 Å². The molecule has 1 atom stereocenters. The van der Waals surface area contributed by atoms with E-state index in [1.807, 2.05) is 13.8 Å². The molecule has 7 heteroatoms. The van der Waals surface area contributed by atoms with Gasteiger partial charge in [-0.25, -0.2) is 0 Å². The third-order valence-electron chi connectivity index (χ3n) is 2.67. The zero-order valence-electron chi connectivity index (χ0n) is 10.8. The van der Waals surface area contributed by atoms with E-state index in [1.54, 1.807) is 0 Å². The van der Waals surface area contributed by atoms with Gasteiger partial charge in [0.15, 0.2) is 0 Å². The Balaban J connectivity index is 3.01. The van der Waals surface area contributed by atoms with Crippen molar-refractivity contribution in [2.75, 3.05) is 5.73 Å². The second-order valence-electron chi connectivity index (χ2n) is 4.31. The first-order chi connectivity index (χ1) is 8.86. The molecule has 0 radical (unpaired) electrons. The summed E-state index contributed by atoms with van der Waals surface area (Å²) in [6.45, 7) is 3.88. The highest BCUT2D eigenvalue weighted by molar-refractivity contribution is 6.34. The van der Waals surface area contributed by atoms with Crippen molar-refractivity contribution in [3.63, 3.8) is 0 Å². The van der Waals surface area contributed by atoms with E-state index in [9.17, 15) is 14.9 Å². The van der Waals surface area contributed by atoms with E-state index in [0.717, 1.165) is 18.9 Å². The van der Waals surface area contributed by atoms with Crippen LogP contribution < -0.4 is 11.1 Å². The standard InChI is InChI=1S/C12H16ClN3O3/c1-3-4-7(2)15-12(17)8-5-9(13)11(14)10(6-8)16(18)19/h5-7H,3-4,14H2,1-2H3,(H,15,17). The fourth-order valence-electron chi connectivity index (χ4n) is 1.70. The van der Waals surface area contributed by atoms with Crippen molar-refractivity contribution < 1.29 is 9.72 Å². The van der Waals surface area contributed by atoms with Gasteiger partial charge in [-0.05, 0) is 19.4 Å². The number of nitro benzene ring substituents is 1. The zero-order chi connectivity index (χ0) is 14.6. The summed E-state index contributed by atoms with van der Waals surface area (Å²) < 4.78 is 0. The van der Waals surface area contributed by atoms with Crippen LogP contribution in [0.1, 0.15) is 37.0 Å². The van der Waals surface area contributed by atoms with E-state index < -0.39 is 10.8 Å². The average Bonchev–Trinajstić information content (AvgIpc) is 2.32. The Bertz CT molecular complexity index is 505. The van der Waals surface area contributed by atoms with Crippen LogP contribution in [0.25, 0.3) is 0 Å². The molecule has 0 aliphatic carbocycles. The molecule has 1 rings (SSSR count). The van der Waals surface area contributed by atoms with E-state index in [-0.39, 0.29) is 28.0 Å². The van der Waals surface area contributed by atoms with Gasteiger partial charge in [0.05, 0.1) is 9.95 Å². The van der Waals surface area contributed by atoms with E-state index in [1.165, 1.54) is 6.07 Å². The molecule has 1 aromatic carbocycles. The molecule has 0 saturated heterocycles. The predicted molar refractivity (Wildman–Crippen MR) is 74.4 cm³/mol. The van der Waals surface area contributed by atoms with Gasteiger partial charge in [-0.15, -0.1) is 0 Å². The van der Waals surface area contributed by atoms with Crippen molar-refractivity contribution in [1.82, 2.24) is 5.32 Å². The van der Waals surface area contributed by atoms with Gasteiger partial charge in [0.2, 0.25) is 0 Å². The number of rotatable bonds is 5. The van der Waals surface area contributed by atoms with Gasteiger partial charge < -0.3 is 11.1 Å². The first kappa shape index (κ1) is 15.2. The van der Waals surface area contributed by atoms with Crippen LogP contribution in [0.5, 0.6) is 0 Å². The number of nitrogens with two attached hydrogens (primary N) is 1. The number of carbonyl (C=O) groups is 1. The minimum absolute atomic E-state index is 0.00231. The summed E-state index contributed by atoms with van der Waals surface area (Å²) in [6.07, 6.45) is 1.76. The second kappa shape index (κ2) is 6.38. The topological polar surface area (TPSA) is 98.3 Å². The molecule has 3 N–H and O–H groups in total. The van der Waals surface area contributed by atoms with Crippen LogP contribution in [0.4, 0.5) is 11.4 Å². The van der Waals surface area contributed by atoms with Crippen LogP contribution in [0.15, 0.2) is 12.1 Å². The maximum Gasteiger partial charge on any atom is 0.294 e. The largest absolute Gasteiger partial charge is 0.392 e. The summed E-state index contributed by atoms with van der Waals surface area (Å²) >= 11 is 5.80. The first-order valence-corrected chi connectivity index (χ1v) is 6.28. The van der Waals surface area contributed by atoms with Crippen LogP contribution in [-0.4, -0.2) is 16.9 Å². The highest BCUT2D eigenvalue weighted by Crippen LogP contribution is 2.30. The Morgan fingerprint density at radius 1 is 1.58 bits per heavy atom. The number of nitrogen functional groups attached to an aromatic ring is 1. The van der Waals surface area contributed by atoms with E-state index in [4.69, 9.17) is 17.3 Å². The van der Waals surface area contributed by atoms with Crippen LogP contribution >= 0.6 is 11.6 Å². The molecule has 0 aromatic heterocycles.